The smallest absolute Gasteiger partial charge is 0.227 e. The molecular formula is C17H27N3O3S. The van der Waals surface area contributed by atoms with Gasteiger partial charge in [0.2, 0.25) is 15.9 Å². The zero-order valence-electron chi connectivity index (χ0n) is 15.0. The monoisotopic (exact) mass is 353 g/mol. The van der Waals surface area contributed by atoms with Crippen LogP contribution < -0.4 is 10.2 Å². The molecule has 1 aliphatic rings. The lowest BCUT2D eigenvalue weighted by molar-refractivity contribution is -0.117. The first kappa shape index (κ1) is 18.7. The van der Waals surface area contributed by atoms with Crippen LogP contribution >= 0.6 is 0 Å². The number of amides is 1. The first-order valence-corrected chi connectivity index (χ1v) is 10.0. The van der Waals surface area contributed by atoms with Crippen molar-refractivity contribution in [1.29, 1.82) is 0 Å². The molecule has 0 atom stereocenters. The second-order valence-corrected chi connectivity index (χ2v) is 8.84. The van der Waals surface area contributed by atoms with Crippen LogP contribution in [0.15, 0.2) is 18.2 Å². The Balaban J connectivity index is 2.31. The number of hydrogen-bond acceptors (Lipinski definition) is 4. The number of sulfonamides is 1. The number of rotatable bonds is 7. The molecule has 0 saturated heterocycles. The van der Waals surface area contributed by atoms with Gasteiger partial charge in [0.15, 0.2) is 0 Å². The summed E-state index contributed by atoms with van der Waals surface area (Å²) in [5.41, 5.74) is 2.52. The molecule has 1 aliphatic carbocycles. The van der Waals surface area contributed by atoms with Crippen molar-refractivity contribution in [2.45, 2.75) is 39.3 Å². The second kappa shape index (κ2) is 7.11. The average Bonchev–Trinajstić information content (AvgIpc) is 3.27. The molecule has 0 spiro atoms. The first-order chi connectivity index (χ1) is 11.1. The molecule has 1 aromatic carbocycles. The SMILES string of the molecule is CC(C)N(Cc1cc(NC(=O)C2CC2)ccc1N(C)C)S(C)(=O)=O. The van der Waals surface area contributed by atoms with E-state index in [1.165, 1.54) is 10.6 Å². The molecule has 1 amide bonds. The van der Waals surface area contributed by atoms with Gasteiger partial charge >= 0.3 is 0 Å². The van der Waals surface area contributed by atoms with Crippen LogP contribution in [0.4, 0.5) is 11.4 Å². The normalized spacial score (nSPS) is 15.0. The fraction of sp³-hybridized carbons (Fsp3) is 0.588. The molecule has 1 N–H and O–H groups in total. The Labute approximate surface area is 144 Å². The highest BCUT2D eigenvalue weighted by Gasteiger charge is 2.29. The third kappa shape index (κ3) is 4.70. The van der Waals surface area contributed by atoms with Crippen LogP contribution in [0.5, 0.6) is 0 Å². The topological polar surface area (TPSA) is 69.7 Å². The molecule has 1 aromatic rings. The number of hydrogen-bond donors (Lipinski definition) is 1. The Kier molecular flexibility index (Phi) is 5.55. The Hall–Kier alpha value is -1.60. The Morgan fingerprint density at radius 1 is 1.29 bits per heavy atom. The summed E-state index contributed by atoms with van der Waals surface area (Å²) in [4.78, 5) is 13.9. The van der Waals surface area contributed by atoms with E-state index in [2.05, 4.69) is 5.32 Å². The molecule has 0 radical (unpaired) electrons. The van der Waals surface area contributed by atoms with Crippen LogP contribution in [0.2, 0.25) is 0 Å². The van der Waals surface area contributed by atoms with Gasteiger partial charge in [0.1, 0.15) is 0 Å². The standard InChI is InChI=1S/C17H27N3O3S/c1-12(2)20(24(5,22)23)11-14-10-15(8-9-16(14)19(3)4)18-17(21)13-6-7-13/h8-10,12-13H,6-7,11H2,1-5H3,(H,18,21). The minimum absolute atomic E-state index is 0.0439. The molecule has 24 heavy (non-hydrogen) atoms. The molecule has 0 heterocycles. The summed E-state index contributed by atoms with van der Waals surface area (Å²) < 4.78 is 25.6. The van der Waals surface area contributed by atoms with Gasteiger partial charge in [0.05, 0.1) is 6.26 Å². The highest BCUT2D eigenvalue weighted by atomic mass is 32.2. The highest BCUT2D eigenvalue weighted by Crippen LogP contribution is 2.31. The lowest BCUT2D eigenvalue weighted by Gasteiger charge is -2.27. The summed E-state index contributed by atoms with van der Waals surface area (Å²) >= 11 is 0. The minimum Gasteiger partial charge on any atom is -0.377 e. The van der Waals surface area contributed by atoms with Gasteiger partial charge < -0.3 is 10.2 Å². The molecule has 6 nitrogen and oxygen atoms in total. The molecular weight excluding hydrogens is 326 g/mol. The molecule has 0 aromatic heterocycles. The third-order valence-electron chi connectivity index (χ3n) is 4.11. The highest BCUT2D eigenvalue weighted by molar-refractivity contribution is 7.88. The summed E-state index contributed by atoms with van der Waals surface area (Å²) in [5.74, 6) is 0.174. The van der Waals surface area contributed by atoms with Crippen molar-refractivity contribution >= 4 is 27.3 Å². The van der Waals surface area contributed by atoms with E-state index in [9.17, 15) is 13.2 Å². The lowest BCUT2D eigenvalue weighted by Crippen LogP contribution is -2.36. The fourth-order valence-corrected chi connectivity index (χ4v) is 3.81. The van der Waals surface area contributed by atoms with Gasteiger partial charge in [-0.15, -0.1) is 0 Å². The Morgan fingerprint density at radius 3 is 2.38 bits per heavy atom. The largest absolute Gasteiger partial charge is 0.377 e. The predicted octanol–water partition coefficient (Wildman–Crippen LogP) is 2.27. The van der Waals surface area contributed by atoms with Crippen molar-refractivity contribution in [2.24, 2.45) is 5.92 Å². The average molecular weight is 353 g/mol. The van der Waals surface area contributed by atoms with Crippen molar-refractivity contribution in [2.75, 3.05) is 30.6 Å². The van der Waals surface area contributed by atoms with Crippen LogP contribution in [0, 0.1) is 5.92 Å². The van der Waals surface area contributed by atoms with Gasteiger partial charge in [0, 0.05) is 44.0 Å². The maximum atomic E-state index is 12.1. The van der Waals surface area contributed by atoms with E-state index in [-0.39, 0.29) is 24.4 Å². The fourth-order valence-electron chi connectivity index (χ4n) is 2.67. The Morgan fingerprint density at radius 2 is 1.92 bits per heavy atom. The molecule has 134 valence electrons. The van der Waals surface area contributed by atoms with Crippen molar-refractivity contribution in [3.63, 3.8) is 0 Å². The van der Waals surface area contributed by atoms with Gasteiger partial charge in [-0.2, -0.15) is 4.31 Å². The van der Waals surface area contributed by atoms with E-state index in [0.29, 0.717) is 5.69 Å². The molecule has 1 fully saturated rings. The molecule has 0 aliphatic heterocycles. The van der Waals surface area contributed by atoms with Gasteiger partial charge in [-0.3, -0.25) is 4.79 Å². The van der Waals surface area contributed by atoms with E-state index in [1.807, 2.05) is 51.0 Å². The molecule has 2 rings (SSSR count). The number of carbonyl (C=O) groups is 1. The van der Waals surface area contributed by atoms with Crippen LogP contribution in [-0.4, -0.2) is 45.0 Å². The summed E-state index contributed by atoms with van der Waals surface area (Å²) in [6.45, 7) is 3.99. The van der Waals surface area contributed by atoms with Crippen molar-refractivity contribution in [3.05, 3.63) is 23.8 Å². The number of carbonyl (C=O) groups excluding carboxylic acids is 1. The van der Waals surface area contributed by atoms with Gasteiger partial charge in [0.25, 0.3) is 0 Å². The van der Waals surface area contributed by atoms with Gasteiger partial charge in [-0.1, -0.05) is 0 Å². The van der Waals surface area contributed by atoms with Crippen LogP contribution in [0.1, 0.15) is 32.3 Å². The van der Waals surface area contributed by atoms with Crippen LogP contribution in [-0.2, 0) is 21.4 Å². The van der Waals surface area contributed by atoms with E-state index in [0.717, 1.165) is 24.1 Å². The first-order valence-electron chi connectivity index (χ1n) is 8.17. The van der Waals surface area contributed by atoms with E-state index in [1.54, 1.807) is 0 Å². The van der Waals surface area contributed by atoms with Crippen molar-refractivity contribution in [3.8, 4) is 0 Å². The maximum Gasteiger partial charge on any atom is 0.227 e. The molecule has 1 saturated carbocycles. The van der Waals surface area contributed by atoms with Gasteiger partial charge in [-0.25, -0.2) is 8.42 Å². The quantitative estimate of drug-likeness (QED) is 0.816. The van der Waals surface area contributed by atoms with E-state index >= 15 is 0 Å². The lowest BCUT2D eigenvalue weighted by atomic mass is 10.1. The number of nitrogens with zero attached hydrogens (tertiary/aromatic N) is 2. The van der Waals surface area contributed by atoms with E-state index in [4.69, 9.17) is 0 Å². The molecule has 0 bridgehead atoms. The van der Waals surface area contributed by atoms with Crippen LogP contribution in [0.3, 0.4) is 0 Å². The maximum absolute atomic E-state index is 12.1. The summed E-state index contributed by atoms with van der Waals surface area (Å²) in [5, 5.41) is 2.93. The zero-order valence-corrected chi connectivity index (χ0v) is 15.9. The zero-order chi connectivity index (χ0) is 18.1. The molecule has 7 heteroatoms. The second-order valence-electron chi connectivity index (χ2n) is 6.90. The number of benzene rings is 1. The number of anilines is 2. The molecule has 0 unspecified atom stereocenters. The van der Waals surface area contributed by atoms with Crippen LogP contribution in [0.25, 0.3) is 0 Å². The summed E-state index contributed by atoms with van der Waals surface area (Å²) in [7, 11) is 0.520. The third-order valence-corrected chi connectivity index (χ3v) is 5.51. The van der Waals surface area contributed by atoms with Crippen molar-refractivity contribution < 1.29 is 13.2 Å². The van der Waals surface area contributed by atoms with E-state index < -0.39 is 10.0 Å². The van der Waals surface area contributed by atoms with Crippen molar-refractivity contribution in [1.82, 2.24) is 4.31 Å². The summed E-state index contributed by atoms with van der Waals surface area (Å²) in [6, 6.07) is 5.51. The Bertz CT molecular complexity index is 710. The minimum atomic E-state index is -3.32. The van der Waals surface area contributed by atoms with Gasteiger partial charge in [-0.05, 0) is 50.5 Å². The summed E-state index contributed by atoms with van der Waals surface area (Å²) in [6.07, 6.45) is 3.12. The number of nitrogens with one attached hydrogen (secondary N) is 1. The predicted molar refractivity (Wildman–Crippen MR) is 97.6 cm³/mol.